The number of ether oxygens (including phenoxy) is 2. The lowest BCUT2D eigenvalue weighted by molar-refractivity contribution is 0.414. The average Bonchev–Trinajstić information content (AvgIpc) is 2.96. The summed E-state index contributed by atoms with van der Waals surface area (Å²) in [5.74, 6) is 2.67. The number of thiocarbonyl (C=S) groups is 1. The molecule has 3 nitrogen and oxygen atoms in total. The zero-order chi connectivity index (χ0) is 15.5. The Morgan fingerprint density at radius 1 is 0.955 bits per heavy atom. The third-order valence-electron chi connectivity index (χ3n) is 3.72. The second kappa shape index (κ2) is 6.58. The molecule has 0 saturated carbocycles. The van der Waals surface area contributed by atoms with Gasteiger partial charge in [0.15, 0.2) is 0 Å². The summed E-state index contributed by atoms with van der Waals surface area (Å²) in [6.45, 7) is 0. The molecule has 1 atom stereocenters. The average molecular weight is 331 g/mol. The van der Waals surface area contributed by atoms with Crippen LogP contribution in [0.5, 0.6) is 11.5 Å². The predicted molar refractivity (Wildman–Crippen MR) is 96.3 cm³/mol. The molecule has 1 saturated heterocycles. The van der Waals surface area contributed by atoms with Gasteiger partial charge >= 0.3 is 0 Å². The van der Waals surface area contributed by atoms with Crippen molar-refractivity contribution in [2.75, 3.05) is 24.9 Å². The van der Waals surface area contributed by atoms with Crippen LogP contribution in [0.2, 0.25) is 0 Å². The van der Waals surface area contributed by atoms with E-state index in [-0.39, 0.29) is 6.04 Å². The van der Waals surface area contributed by atoms with E-state index in [1.54, 1.807) is 26.0 Å². The molecule has 1 unspecified atom stereocenters. The molecule has 0 radical (unpaired) electrons. The standard InChI is InChI=1S/C17H17NO2S2/c1-19-14-7-3-12(4-8-14)16-11-22-17(21)18(16)13-5-9-15(20-2)10-6-13/h3-10,16H,11H2,1-2H3. The van der Waals surface area contributed by atoms with Crippen LogP contribution in [-0.4, -0.2) is 24.3 Å². The lowest BCUT2D eigenvalue weighted by Crippen LogP contribution is -2.26. The van der Waals surface area contributed by atoms with Crippen LogP contribution in [0.15, 0.2) is 48.5 Å². The summed E-state index contributed by atoms with van der Waals surface area (Å²) in [6.07, 6.45) is 0. The quantitative estimate of drug-likeness (QED) is 0.777. The van der Waals surface area contributed by atoms with E-state index in [9.17, 15) is 0 Å². The van der Waals surface area contributed by atoms with E-state index in [0.717, 1.165) is 27.3 Å². The normalized spacial score (nSPS) is 17.6. The first-order chi connectivity index (χ1) is 10.7. The van der Waals surface area contributed by atoms with Crippen molar-refractivity contribution in [2.24, 2.45) is 0 Å². The molecule has 3 rings (SSSR count). The summed E-state index contributed by atoms with van der Waals surface area (Å²) >= 11 is 7.26. The molecule has 0 amide bonds. The van der Waals surface area contributed by atoms with Crippen molar-refractivity contribution in [3.8, 4) is 11.5 Å². The molecule has 0 aliphatic carbocycles. The van der Waals surface area contributed by atoms with Gasteiger partial charge in [0.1, 0.15) is 15.8 Å². The van der Waals surface area contributed by atoms with E-state index >= 15 is 0 Å². The van der Waals surface area contributed by atoms with Crippen molar-refractivity contribution in [3.05, 3.63) is 54.1 Å². The van der Waals surface area contributed by atoms with Crippen LogP contribution in [0.3, 0.4) is 0 Å². The van der Waals surface area contributed by atoms with Gasteiger partial charge < -0.3 is 14.4 Å². The number of thioether (sulfide) groups is 1. The summed E-state index contributed by atoms with van der Waals surface area (Å²) < 4.78 is 11.4. The van der Waals surface area contributed by atoms with Crippen molar-refractivity contribution in [1.82, 2.24) is 0 Å². The van der Waals surface area contributed by atoms with E-state index in [1.165, 1.54) is 5.56 Å². The van der Waals surface area contributed by atoms with E-state index in [4.69, 9.17) is 21.7 Å². The fourth-order valence-electron chi connectivity index (χ4n) is 2.52. The lowest BCUT2D eigenvalue weighted by atomic mass is 10.1. The molecule has 5 heteroatoms. The number of nitrogens with zero attached hydrogens (tertiary/aromatic N) is 1. The van der Waals surface area contributed by atoms with Crippen LogP contribution < -0.4 is 14.4 Å². The molecule has 0 bridgehead atoms. The van der Waals surface area contributed by atoms with Crippen LogP contribution in [-0.2, 0) is 0 Å². The van der Waals surface area contributed by atoms with Crippen molar-refractivity contribution in [2.45, 2.75) is 6.04 Å². The van der Waals surface area contributed by atoms with E-state index in [2.05, 4.69) is 17.0 Å². The summed E-state index contributed by atoms with van der Waals surface area (Å²) in [7, 11) is 3.35. The van der Waals surface area contributed by atoms with Crippen LogP contribution in [0.25, 0.3) is 0 Å². The molecule has 2 aromatic carbocycles. The summed E-state index contributed by atoms with van der Waals surface area (Å²) in [4.78, 5) is 2.21. The highest BCUT2D eigenvalue weighted by atomic mass is 32.2. The fraction of sp³-hybridized carbons (Fsp3) is 0.235. The number of rotatable bonds is 4. The minimum Gasteiger partial charge on any atom is -0.497 e. The lowest BCUT2D eigenvalue weighted by Gasteiger charge is -2.26. The Hall–Kier alpha value is -1.72. The molecular weight excluding hydrogens is 314 g/mol. The van der Waals surface area contributed by atoms with Gasteiger partial charge in [0.05, 0.1) is 20.3 Å². The van der Waals surface area contributed by atoms with Gasteiger partial charge in [0.2, 0.25) is 0 Å². The SMILES string of the molecule is COc1ccc(C2CSC(=S)N2c2ccc(OC)cc2)cc1. The molecule has 0 spiro atoms. The Labute approximate surface area is 140 Å². The first-order valence-corrected chi connectivity index (χ1v) is 8.36. The molecule has 22 heavy (non-hydrogen) atoms. The van der Waals surface area contributed by atoms with Gasteiger partial charge in [-0.1, -0.05) is 36.1 Å². The maximum absolute atomic E-state index is 5.54. The number of hydrogen-bond acceptors (Lipinski definition) is 4. The molecule has 0 aromatic heterocycles. The number of anilines is 1. The zero-order valence-corrected chi connectivity index (χ0v) is 14.1. The smallest absolute Gasteiger partial charge is 0.141 e. The van der Waals surface area contributed by atoms with Gasteiger partial charge in [-0.3, -0.25) is 0 Å². The molecule has 1 aliphatic heterocycles. The number of benzene rings is 2. The van der Waals surface area contributed by atoms with Gasteiger partial charge in [0.25, 0.3) is 0 Å². The molecule has 0 N–H and O–H groups in total. The molecular formula is C17H17NO2S2. The highest BCUT2D eigenvalue weighted by Gasteiger charge is 2.31. The van der Waals surface area contributed by atoms with Crippen LogP contribution in [0, 0.1) is 0 Å². The van der Waals surface area contributed by atoms with Crippen molar-refractivity contribution in [3.63, 3.8) is 0 Å². The summed E-state index contributed by atoms with van der Waals surface area (Å²) in [5.41, 5.74) is 2.33. The van der Waals surface area contributed by atoms with E-state index < -0.39 is 0 Å². The Morgan fingerprint density at radius 2 is 1.50 bits per heavy atom. The number of hydrogen-bond donors (Lipinski definition) is 0. The topological polar surface area (TPSA) is 21.7 Å². The minimum absolute atomic E-state index is 0.247. The third-order valence-corrected chi connectivity index (χ3v) is 5.20. The van der Waals surface area contributed by atoms with E-state index in [0.29, 0.717) is 0 Å². The zero-order valence-electron chi connectivity index (χ0n) is 12.5. The van der Waals surface area contributed by atoms with Crippen molar-refractivity contribution >= 4 is 34.0 Å². The Morgan fingerprint density at radius 3 is 2.05 bits per heavy atom. The molecule has 1 heterocycles. The molecule has 1 fully saturated rings. The monoisotopic (exact) mass is 331 g/mol. The maximum Gasteiger partial charge on any atom is 0.141 e. The van der Waals surface area contributed by atoms with Crippen LogP contribution >= 0.6 is 24.0 Å². The second-order valence-electron chi connectivity index (χ2n) is 4.93. The van der Waals surface area contributed by atoms with Gasteiger partial charge in [-0.25, -0.2) is 0 Å². The maximum atomic E-state index is 5.54. The molecule has 114 valence electrons. The first kappa shape index (κ1) is 15.2. The van der Waals surface area contributed by atoms with Gasteiger partial charge in [-0.2, -0.15) is 0 Å². The second-order valence-corrected chi connectivity index (χ2v) is 6.59. The molecule has 2 aromatic rings. The predicted octanol–water partition coefficient (Wildman–Crippen LogP) is 4.28. The van der Waals surface area contributed by atoms with Crippen LogP contribution in [0.4, 0.5) is 5.69 Å². The summed E-state index contributed by atoms with van der Waals surface area (Å²) in [6, 6.07) is 16.5. The van der Waals surface area contributed by atoms with Crippen LogP contribution in [0.1, 0.15) is 11.6 Å². The Kier molecular flexibility index (Phi) is 4.55. The fourth-order valence-corrected chi connectivity index (χ4v) is 3.97. The van der Waals surface area contributed by atoms with Gasteiger partial charge in [-0.15, -0.1) is 0 Å². The highest BCUT2D eigenvalue weighted by Crippen LogP contribution is 2.39. The Balaban J connectivity index is 1.90. The summed E-state index contributed by atoms with van der Waals surface area (Å²) in [5, 5.41) is 0. The van der Waals surface area contributed by atoms with Gasteiger partial charge in [0, 0.05) is 11.4 Å². The number of methoxy groups -OCH3 is 2. The first-order valence-electron chi connectivity index (χ1n) is 6.97. The highest BCUT2D eigenvalue weighted by molar-refractivity contribution is 8.23. The van der Waals surface area contributed by atoms with Crippen molar-refractivity contribution < 1.29 is 9.47 Å². The largest absolute Gasteiger partial charge is 0.497 e. The van der Waals surface area contributed by atoms with Gasteiger partial charge in [-0.05, 0) is 42.0 Å². The molecule has 1 aliphatic rings. The van der Waals surface area contributed by atoms with Crippen molar-refractivity contribution in [1.29, 1.82) is 0 Å². The van der Waals surface area contributed by atoms with E-state index in [1.807, 2.05) is 36.4 Å². The Bertz CT molecular complexity index is 655. The minimum atomic E-state index is 0.247. The third kappa shape index (κ3) is 2.91.